The number of pyridine rings is 1. The van der Waals surface area contributed by atoms with Gasteiger partial charge in [0, 0.05) is 32.4 Å². The van der Waals surface area contributed by atoms with Crippen molar-refractivity contribution in [2.45, 2.75) is 26.2 Å². The lowest BCUT2D eigenvalue weighted by Crippen LogP contribution is -2.32. The Hall–Kier alpha value is -2.40. The first kappa shape index (κ1) is 18.9. The number of nitrogens with one attached hydrogen (secondary N) is 1. The highest BCUT2D eigenvalue weighted by Gasteiger charge is 2.14. The smallest absolute Gasteiger partial charge is 0.255 e. The van der Waals surface area contributed by atoms with Crippen molar-refractivity contribution in [2.24, 2.45) is 0 Å². The Morgan fingerprint density at radius 1 is 1.16 bits per heavy atom. The standard InChI is InChI=1S/C20H27N3O2/c1-20(2,3)16-7-9-17(10-8-16)25-18-11-6-15(14-22-18)19(24)23(5)13-12-21-4/h6-11,14,21H,12-13H2,1-5H3. The van der Waals surface area contributed by atoms with Gasteiger partial charge in [0.05, 0.1) is 5.56 Å². The number of hydrogen-bond acceptors (Lipinski definition) is 4. The van der Waals surface area contributed by atoms with Crippen LogP contribution in [0.1, 0.15) is 36.7 Å². The summed E-state index contributed by atoms with van der Waals surface area (Å²) in [6.45, 7) is 7.92. The van der Waals surface area contributed by atoms with Gasteiger partial charge in [0.15, 0.2) is 0 Å². The molecule has 0 saturated carbocycles. The molecule has 1 heterocycles. The molecule has 1 N–H and O–H groups in total. The molecular weight excluding hydrogens is 314 g/mol. The largest absolute Gasteiger partial charge is 0.439 e. The van der Waals surface area contributed by atoms with Crippen molar-refractivity contribution in [1.82, 2.24) is 15.2 Å². The predicted octanol–water partition coefficient (Wildman–Crippen LogP) is 3.46. The maximum Gasteiger partial charge on any atom is 0.255 e. The Morgan fingerprint density at radius 2 is 1.84 bits per heavy atom. The van der Waals surface area contributed by atoms with E-state index in [1.54, 1.807) is 30.3 Å². The van der Waals surface area contributed by atoms with Crippen LogP contribution in [0.2, 0.25) is 0 Å². The summed E-state index contributed by atoms with van der Waals surface area (Å²) in [5.74, 6) is 1.15. The number of nitrogens with zero attached hydrogens (tertiary/aromatic N) is 2. The molecular formula is C20H27N3O2. The van der Waals surface area contributed by atoms with E-state index in [9.17, 15) is 4.79 Å². The van der Waals surface area contributed by atoms with E-state index in [-0.39, 0.29) is 11.3 Å². The number of ether oxygens (including phenoxy) is 1. The third-order valence-corrected chi connectivity index (χ3v) is 3.97. The number of amides is 1. The van der Waals surface area contributed by atoms with Crippen LogP contribution in [-0.4, -0.2) is 43.0 Å². The van der Waals surface area contributed by atoms with Gasteiger partial charge in [-0.2, -0.15) is 0 Å². The molecule has 0 aliphatic carbocycles. The van der Waals surface area contributed by atoms with Crippen LogP contribution in [-0.2, 0) is 5.41 Å². The van der Waals surface area contributed by atoms with Crippen molar-refractivity contribution >= 4 is 5.91 Å². The zero-order valence-corrected chi connectivity index (χ0v) is 15.7. The van der Waals surface area contributed by atoms with Gasteiger partial charge in [-0.15, -0.1) is 0 Å². The molecule has 2 aromatic rings. The molecule has 134 valence electrons. The second-order valence-corrected chi connectivity index (χ2v) is 7.09. The van der Waals surface area contributed by atoms with E-state index in [0.717, 1.165) is 12.3 Å². The topological polar surface area (TPSA) is 54.5 Å². The van der Waals surface area contributed by atoms with Gasteiger partial charge in [-0.25, -0.2) is 4.98 Å². The predicted molar refractivity (Wildman–Crippen MR) is 100 cm³/mol. The van der Waals surface area contributed by atoms with Crippen LogP contribution in [0.4, 0.5) is 0 Å². The van der Waals surface area contributed by atoms with E-state index in [4.69, 9.17) is 4.74 Å². The van der Waals surface area contributed by atoms with E-state index < -0.39 is 0 Å². The molecule has 1 amide bonds. The Morgan fingerprint density at radius 3 is 2.36 bits per heavy atom. The van der Waals surface area contributed by atoms with Crippen molar-refractivity contribution in [3.8, 4) is 11.6 Å². The van der Waals surface area contributed by atoms with Gasteiger partial charge in [0.2, 0.25) is 5.88 Å². The lowest BCUT2D eigenvalue weighted by Gasteiger charge is -2.19. The minimum atomic E-state index is -0.0520. The highest BCUT2D eigenvalue weighted by atomic mass is 16.5. The van der Waals surface area contributed by atoms with Crippen LogP contribution >= 0.6 is 0 Å². The van der Waals surface area contributed by atoms with Gasteiger partial charge in [0.1, 0.15) is 5.75 Å². The summed E-state index contributed by atoms with van der Waals surface area (Å²) in [6, 6.07) is 11.5. The molecule has 5 heteroatoms. The fourth-order valence-electron chi connectivity index (χ4n) is 2.31. The van der Waals surface area contributed by atoms with Crippen LogP contribution in [0.3, 0.4) is 0 Å². The number of likely N-dealkylation sites (N-methyl/N-ethyl adjacent to an activating group) is 2. The number of aromatic nitrogens is 1. The van der Waals surface area contributed by atoms with Gasteiger partial charge in [-0.05, 0) is 36.2 Å². The maximum absolute atomic E-state index is 12.3. The first-order chi connectivity index (χ1) is 11.8. The zero-order valence-electron chi connectivity index (χ0n) is 15.7. The molecule has 0 bridgehead atoms. The maximum atomic E-state index is 12.3. The second kappa shape index (κ2) is 8.12. The summed E-state index contributed by atoms with van der Waals surface area (Å²) >= 11 is 0. The van der Waals surface area contributed by atoms with Crippen LogP contribution < -0.4 is 10.1 Å². The Labute approximate surface area is 150 Å². The Balaban J connectivity index is 2.01. The SMILES string of the molecule is CNCCN(C)C(=O)c1ccc(Oc2ccc(C(C)(C)C)cc2)nc1. The molecule has 5 nitrogen and oxygen atoms in total. The lowest BCUT2D eigenvalue weighted by atomic mass is 9.87. The van der Waals surface area contributed by atoms with Crippen molar-refractivity contribution < 1.29 is 9.53 Å². The number of rotatable bonds is 6. The van der Waals surface area contributed by atoms with Gasteiger partial charge in [0.25, 0.3) is 5.91 Å². The van der Waals surface area contributed by atoms with Gasteiger partial charge < -0.3 is 15.0 Å². The molecule has 2 rings (SSSR count). The molecule has 0 radical (unpaired) electrons. The lowest BCUT2D eigenvalue weighted by molar-refractivity contribution is 0.0796. The van der Waals surface area contributed by atoms with Crippen LogP contribution in [0.5, 0.6) is 11.6 Å². The highest BCUT2D eigenvalue weighted by molar-refractivity contribution is 5.93. The summed E-state index contributed by atoms with van der Waals surface area (Å²) in [5, 5.41) is 3.02. The summed E-state index contributed by atoms with van der Waals surface area (Å²) in [7, 11) is 3.64. The second-order valence-electron chi connectivity index (χ2n) is 7.09. The normalized spacial score (nSPS) is 11.2. The number of carbonyl (C=O) groups excluding carboxylic acids is 1. The molecule has 1 aromatic heterocycles. The van der Waals surface area contributed by atoms with Crippen molar-refractivity contribution in [1.29, 1.82) is 0 Å². The van der Waals surface area contributed by atoms with Gasteiger partial charge in [-0.3, -0.25) is 4.79 Å². The third kappa shape index (κ3) is 5.29. The van der Waals surface area contributed by atoms with Crippen LogP contribution in [0.25, 0.3) is 0 Å². The summed E-state index contributed by atoms with van der Waals surface area (Å²) in [4.78, 5) is 18.2. The van der Waals surface area contributed by atoms with E-state index >= 15 is 0 Å². The van der Waals surface area contributed by atoms with Crippen LogP contribution in [0.15, 0.2) is 42.6 Å². The monoisotopic (exact) mass is 341 g/mol. The number of benzene rings is 1. The quantitative estimate of drug-likeness (QED) is 0.874. The average molecular weight is 341 g/mol. The summed E-state index contributed by atoms with van der Waals surface area (Å²) in [5.41, 5.74) is 1.91. The summed E-state index contributed by atoms with van der Waals surface area (Å²) in [6.07, 6.45) is 1.55. The molecule has 1 aromatic carbocycles. The average Bonchev–Trinajstić information content (AvgIpc) is 2.59. The Bertz CT molecular complexity index is 688. The minimum absolute atomic E-state index is 0.0520. The van der Waals surface area contributed by atoms with Crippen molar-refractivity contribution in [3.05, 3.63) is 53.7 Å². The molecule has 0 aliphatic rings. The fraction of sp³-hybridized carbons (Fsp3) is 0.400. The molecule has 0 fully saturated rings. The van der Waals surface area contributed by atoms with E-state index in [1.165, 1.54) is 5.56 Å². The van der Waals surface area contributed by atoms with Crippen LogP contribution in [0, 0.1) is 0 Å². The van der Waals surface area contributed by atoms with Crippen molar-refractivity contribution in [3.63, 3.8) is 0 Å². The molecule has 0 atom stereocenters. The highest BCUT2D eigenvalue weighted by Crippen LogP contribution is 2.26. The molecule has 25 heavy (non-hydrogen) atoms. The minimum Gasteiger partial charge on any atom is -0.439 e. The van der Waals surface area contributed by atoms with Crippen molar-refractivity contribution in [2.75, 3.05) is 27.2 Å². The first-order valence-electron chi connectivity index (χ1n) is 8.46. The van der Waals surface area contributed by atoms with E-state index in [0.29, 0.717) is 18.0 Å². The molecule has 0 aliphatic heterocycles. The van der Waals surface area contributed by atoms with E-state index in [2.05, 4.69) is 43.2 Å². The number of carbonyl (C=O) groups is 1. The fourth-order valence-corrected chi connectivity index (χ4v) is 2.31. The number of hydrogen-bond donors (Lipinski definition) is 1. The summed E-state index contributed by atoms with van der Waals surface area (Å²) < 4.78 is 5.76. The Kier molecular flexibility index (Phi) is 6.15. The molecule has 0 saturated heterocycles. The van der Waals surface area contributed by atoms with Gasteiger partial charge in [-0.1, -0.05) is 32.9 Å². The first-order valence-corrected chi connectivity index (χ1v) is 8.46. The van der Waals surface area contributed by atoms with E-state index in [1.807, 2.05) is 19.2 Å². The van der Waals surface area contributed by atoms with Gasteiger partial charge >= 0.3 is 0 Å². The third-order valence-electron chi connectivity index (χ3n) is 3.97. The molecule has 0 spiro atoms. The zero-order chi connectivity index (χ0) is 18.4. The molecule has 0 unspecified atom stereocenters.